The SMILES string of the molecule is C/C=C(/Oc1c(C)cc(-c2cc(C)c(OC(C)(C)CC)c(C)c2)cc1C)C1CCCC(C(=O)C(C)C)C1. The Balaban J connectivity index is 1.85. The van der Waals surface area contributed by atoms with Crippen LogP contribution in [0.1, 0.15) is 95.9 Å². The number of carbonyl (C=O) groups is 1. The molecule has 0 bridgehead atoms. The Morgan fingerprint density at radius 2 is 1.41 bits per heavy atom. The lowest BCUT2D eigenvalue weighted by Gasteiger charge is -2.31. The molecule has 0 heterocycles. The number of aryl methyl sites for hydroxylation is 4. The highest BCUT2D eigenvalue weighted by Gasteiger charge is 2.31. The molecule has 0 amide bonds. The summed E-state index contributed by atoms with van der Waals surface area (Å²) in [5.74, 6) is 3.89. The van der Waals surface area contributed by atoms with Gasteiger partial charge in [0.2, 0.25) is 0 Å². The van der Waals surface area contributed by atoms with Crippen LogP contribution < -0.4 is 9.47 Å². The summed E-state index contributed by atoms with van der Waals surface area (Å²) in [4.78, 5) is 12.7. The highest BCUT2D eigenvalue weighted by molar-refractivity contribution is 5.82. The van der Waals surface area contributed by atoms with Gasteiger partial charge in [-0.15, -0.1) is 0 Å². The van der Waals surface area contributed by atoms with Gasteiger partial charge in [-0.25, -0.2) is 0 Å². The molecule has 3 rings (SSSR count). The number of ketones is 1. The summed E-state index contributed by atoms with van der Waals surface area (Å²) < 4.78 is 13.0. The number of ether oxygens (including phenoxy) is 2. The average Bonchev–Trinajstić information content (AvgIpc) is 2.85. The van der Waals surface area contributed by atoms with Gasteiger partial charge in [-0.3, -0.25) is 4.79 Å². The Kier molecular flexibility index (Phi) is 9.32. The van der Waals surface area contributed by atoms with Crippen molar-refractivity contribution in [3.63, 3.8) is 0 Å². The number of carbonyl (C=O) groups excluding carboxylic acids is 1. The van der Waals surface area contributed by atoms with E-state index in [9.17, 15) is 4.79 Å². The second-order valence-electron chi connectivity index (χ2n) is 12.0. The first kappa shape index (κ1) is 29.0. The third kappa shape index (κ3) is 6.86. The summed E-state index contributed by atoms with van der Waals surface area (Å²) >= 11 is 0. The van der Waals surface area contributed by atoms with E-state index in [4.69, 9.17) is 9.47 Å². The molecular formula is C34H48O3. The number of allylic oxidation sites excluding steroid dienone is 2. The van der Waals surface area contributed by atoms with Gasteiger partial charge in [0.05, 0.1) is 0 Å². The van der Waals surface area contributed by atoms with Crippen LogP contribution in [-0.4, -0.2) is 11.4 Å². The van der Waals surface area contributed by atoms with Crippen LogP contribution in [0.15, 0.2) is 36.1 Å². The van der Waals surface area contributed by atoms with Gasteiger partial charge in [0.1, 0.15) is 28.6 Å². The van der Waals surface area contributed by atoms with Crippen molar-refractivity contribution >= 4 is 5.78 Å². The van der Waals surface area contributed by atoms with Crippen molar-refractivity contribution in [3.05, 3.63) is 58.4 Å². The van der Waals surface area contributed by atoms with E-state index in [1.807, 2.05) is 13.8 Å². The lowest BCUT2D eigenvalue weighted by molar-refractivity contribution is -0.127. The van der Waals surface area contributed by atoms with Gasteiger partial charge in [0, 0.05) is 17.8 Å². The smallest absolute Gasteiger partial charge is 0.138 e. The molecule has 202 valence electrons. The van der Waals surface area contributed by atoms with Gasteiger partial charge in [-0.05, 0) is 138 Å². The van der Waals surface area contributed by atoms with Gasteiger partial charge in [0.15, 0.2) is 0 Å². The van der Waals surface area contributed by atoms with E-state index in [0.717, 1.165) is 71.6 Å². The number of hydrogen-bond donors (Lipinski definition) is 0. The molecule has 1 aliphatic rings. The first-order valence-corrected chi connectivity index (χ1v) is 14.2. The second-order valence-corrected chi connectivity index (χ2v) is 12.0. The van der Waals surface area contributed by atoms with Gasteiger partial charge >= 0.3 is 0 Å². The van der Waals surface area contributed by atoms with E-state index < -0.39 is 0 Å². The van der Waals surface area contributed by atoms with Crippen molar-refractivity contribution in [2.75, 3.05) is 0 Å². The molecule has 0 N–H and O–H groups in total. The molecule has 2 aromatic rings. The molecule has 1 aliphatic carbocycles. The largest absolute Gasteiger partial charge is 0.487 e. The average molecular weight is 505 g/mol. The maximum Gasteiger partial charge on any atom is 0.138 e. The summed E-state index contributed by atoms with van der Waals surface area (Å²) in [6.07, 6.45) is 7.13. The predicted molar refractivity (Wildman–Crippen MR) is 156 cm³/mol. The minimum atomic E-state index is -0.186. The quantitative estimate of drug-likeness (QED) is 0.319. The fraction of sp³-hybridized carbons (Fsp3) is 0.559. The van der Waals surface area contributed by atoms with Crippen molar-refractivity contribution < 1.29 is 14.3 Å². The fourth-order valence-electron chi connectivity index (χ4n) is 5.58. The fourth-order valence-corrected chi connectivity index (χ4v) is 5.58. The summed E-state index contributed by atoms with van der Waals surface area (Å²) in [6, 6.07) is 8.92. The van der Waals surface area contributed by atoms with Crippen LogP contribution in [0.2, 0.25) is 0 Å². The first-order valence-electron chi connectivity index (χ1n) is 14.2. The normalized spacial score (nSPS) is 18.7. The van der Waals surface area contributed by atoms with Crippen LogP contribution in [0, 0.1) is 45.4 Å². The van der Waals surface area contributed by atoms with Crippen LogP contribution in [-0.2, 0) is 4.79 Å². The molecule has 0 saturated heterocycles. The van der Waals surface area contributed by atoms with Crippen molar-refractivity contribution in [3.8, 4) is 22.6 Å². The van der Waals surface area contributed by atoms with E-state index >= 15 is 0 Å². The number of benzene rings is 2. The molecule has 2 atom stereocenters. The molecule has 0 aliphatic heterocycles. The monoisotopic (exact) mass is 504 g/mol. The minimum Gasteiger partial charge on any atom is -0.487 e. The number of hydrogen-bond acceptors (Lipinski definition) is 3. The zero-order valence-electron chi connectivity index (χ0n) is 24.9. The summed E-state index contributed by atoms with van der Waals surface area (Å²) in [6.45, 7) is 21.1. The molecular weight excluding hydrogens is 456 g/mol. The van der Waals surface area contributed by atoms with Crippen molar-refractivity contribution in [1.82, 2.24) is 0 Å². The predicted octanol–water partition coefficient (Wildman–Crippen LogP) is 9.47. The van der Waals surface area contributed by atoms with Crippen molar-refractivity contribution in [2.24, 2.45) is 17.8 Å². The van der Waals surface area contributed by atoms with Crippen LogP contribution >= 0.6 is 0 Å². The van der Waals surface area contributed by atoms with Crippen molar-refractivity contribution in [1.29, 1.82) is 0 Å². The second kappa shape index (κ2) is 11.9. The van der Waals surface area contributed by atoms with Gasteiger partial charge in [-0.2, -0.15) is 0 Å². The number of Topliss-reactive ketones (excluding diaryl/α,β-unsaturated/α-hetero) is 1. The molecule has 1 saturated carbocycles. The van der Waals surface area contributed by atoms with E-state index in [1.54, 1.807) is 0 Å². The van der Waals surface area contributed by atoms with E-state index in [2.05, 4.69) is 85.7 Å². The maximum atomic E-state index is 12.7. The van der Waals surface area contributed by atoms with Gasteiger partial charge in [-0.1, -0.05) is 27.2 Å². The van der Waals surface area contributed by atoms with Gasteiger partial charge < -0.3 is 9.47 Å². The van der Waals surface area contributed by atoms with Crippen molar-refractivity contribution in [2.45, 2.75) is 107 Å². The molecule has 0 radical (unpaired) electrons. The topological polar surface area (TPSA) is 35.5 Å². The molecule has 2 aromatic carbocycles. The zero-order chi connectivity index (χ0) is 27.5. The molecule has 3 heteroatoms. The Hall–Kier alpha value is -2.55. The third-order valence-corrected chi connectivity index (χ3v) is 8.04. The molecule has 0 spiro atoms. The highest BCUT2D eigenvalue weighted by atomic mass is 16.5. The molecule has 3 nitrogen and oxygen atoms in total. The lowest BCUT2D eigenvalue weighted by Crippen LogP contribution is -2.28. The molecule has 2 unspecified atom stereocenters. The van der Waals surface area contributed by atoms with E-state index in [0.29, 0.717) is 11.7 Å². The van der Waals surface area contributed by atoms with Crippen LogP contribution in [0.4, 0.5) is 0 Å². The summed E-state index contributed by atoms with van der Waals surface area (Å²) in [5, 5.41) is 0. The zero-order valence-corrected chi connectivity index (χ0v) is 24.9. The molecule has 37 heavy (non-hydrogen) atoms. The maximum absolute atomic E-state index is 12.7. The lowest BCUT2D eigenvalue weighted by atomic mass is 9.76. The summed E-state index contributed by atoms with van der Waals surface area (Å²) in [7, 11) is 0. The van der Waals surface area contributed by atoms with Gasteiger partial charge in [0.25, 0.3) is 0 Å². The number of rotatable bonds is 9. The van der Waals surface area contributed by atoms with Crippen LogP contribution in [0.5, 0.6) is 11.5 Å². The Bertz CT molecular complexity index is 1110. The highest BCUT2D eigenvalue weighted by Crippen LogP contribution is 2.39. The van der Waals surface area contributed by atoms with Crippen LogP contribution in [0.25, 0.3) is 11.1 Å². The summed E-state index contributed by atoms with van der Waals surface area (Å²) in [5.41, 5.74) is 6.77. The minimum absolute atomic E-state index is 0.0989. The Morgan fingerprint density at radius 1 is 0.919 bits per heavy atom. The van der Waals surface area contributed by atoms with E-state index in [-0.39, 0.29) is 17.4 Å². The standard InChI is InChI=1S/C34H48O3/c1-11-30(26-14-13-15-27(20-26)31(35)21(3)4)36-32-22(5)16-28(17-23(32)6)29-18-24(7)33(25(8)19-29)37-34(9,10)12-2/h11,16-19,21,26-27H,12-15,20H2,1-10H3/b30-11+. The molecule has 0 aromatic heterocycles. The van der Waals surface area contributed by atoms with Crippen LogP contribution in [0.3, 0.4) is 0 Å². The molecule has 1 fully saturated rings. The Morgan fingerprint density at radius 3 is 1.86 bits per heavy atom. The van der Waals surface area contributed by atoms with E-state index in [1.165, 1.54) is 11.1 Å². The third-order valence-electron chi connectivity index (χ3n) is 8.04. The first-order chi connectivity index (χ1) is 17.4. The Labute approximate surface area is 225 Å².